The number of ether oxygens (including phenoxy) is 1. The molecular formula is C22H28ClN3O6S. The maximum absolute atomic E-state index is 11.7. The summed E-state index contributed by atoms with van der Waals surface area (Å²) in [6.07, 6.45) is 1.08. The van der Waals surface area contributed by atoms with Crippen molar-refractivity contribution >= 4 is 50.7 Å². The summed E-state index contributed by atoms with van der Waals surface area (Å²) in [6, 6.07) is 12.4. The highest BCUT2D eigenvalue weighted by molar-refractivity contribution is 7.92. The first-order valence-corrected chi connectivity index (χ1v) is 11.9. The minimum atomic E-state index is -3.46. The molecule has 1 heterocycles. The quantitative estimate of drug-likeness (QED) is 0.393. The number of sulfonamides is 1. The van der Waals surface area contributed by atoms with E-state index in [9.17, 15) is 23.4 Å². The zero-order valence-electron chi connectivity index (χ0n) is 18.6. The Kier molecular flexibility index (Phi) is 8.59. The predicted molar refractivity (Wildman–Crippen MR) is 132 cm³/mol. The number of fused-ring (bicyclic) bond motifs is 1. The average Bonchev–Trinajstić information content (AvgIpc) is 2.96. The molecule has 3 aromatic rings. The van der Waals surface area contributed by atoms with Gasteiger partial charge in [0.05, 0.1) is 36.3 Å². The monoisotopic (exact) mass is 497 g/mol. The molecule has 180 valence electrons. The van der Waals surface area contributed by atoms with Crippen LogP contribution in [0.15, 0.2) is 42.5 Å². The van der Waals surface area contributed by atoms with Crippen LogP contribution in [0.4, 0.5) is 11.4 Å². The number of aliphatic hydroxyl groups excluding tert-OH is 1. The molecule has 0 spiro atoms. The third-order valence-corrected chi connectivity index (χ3v) is 5.76. The number of carboxylic acids is 1. The smallest absolute Gasteiger partial charge is 0.352 e. The van der Waals surface area contributed by atoms with Gasteiger partial charge in [-0.3, -0.25) is 4.72 Å². The topological polar surface area (TPSA) is 121 Å². The highest BCUT2D eigenvalue weighted by Gasteiger charge is 2.18. The van der Waals surface area contributed by atoms with E-state index in [1.807, 2.05) is 11.0 Å². The van der Waals surface area contributed by atoms with E-state index in [2.05, 4.69) is 4.72 Å². The molecular weight excluding hydrogens is 470 g/mol. The minimum absolute atomic E-state index is 0. The lowest BCUT2D eigenvalue weighted by Gasteiger charge is -2.26. The molecule has 3 N–H and O–H groups in total. The number of rotatable bonds is 10. The van der Waals surface area contributed by atoms with Gasteiger partial charge in [0.25, 0.3) is 0 Å². The van der Waals surface area contributed by atoms with Crippen LogP contribution in [0.1, 0.15) is 16.1 Å². The second-order valence-corrected chi connectivity index (χ2v) is 9.22. The Bertz CT molecular complexity index is 1240. The van der Waals surface area contributed by atoms with Crippen LogP contribution < -0.4 is 14.4 Å². The van der Waals surface area contributed by atoms with Crippen molar-refractivity contribution in [1.29, 1.82) is 0 Å². The highest BCUT2D eigenvalue weighted by atomic mass is 35.5. The Morgan fingerprint density at radius 2 is 1.88 bits per heavy atom. The van der Waals surface area contributed by atoms with Crippen LogP contribution in [0.2, 0.25) is 0 Å². The molecule has 33 heavy (non-hydrogen) atoms. The fraction of sp³-hybridized carbons (Fsp3) is 0.318. The summed E-state index contributed by atoms with van der Waals surface area (Å²) in [5, 5.41) is 19.8. The lowest BCUT2D eigenvalue weighted by atomic mass is 10.1. The van der Waals surface area contributed by atoms with Crippen LogP contribution in [0.25, 0.3) is 10.9 Å². The largest absolute Gasteiger partial charge is 0.492 e. The van der Waals surface area contributed by atoms with Gasteiger partial charge < -0.3 is 24.4 Å². The number of para-hydroxylation sites is 2. The minimum Gasteiger partial charge on any atom is -0.492 e. The van der Waals surface area contributed by atoms with Gasteiger partial charge in [-0.1, -0.05) is 12.1 Å². The number of aryl methyl sites for hydroxylation is 2. The fourth-order valence-corrected chi connectivity index (χ4v) is 4.35. The van der Waals surface area contributed by atoms with Gasteiger partial charge in [0.2, 0.25) is 10.0 Å². The Morgan fingerprint density at radius 1 is 1.18 bits per heavy atom. The molecule has 2 aromatic carbocycles. The Hall–Kier alpha value is -2.95. The molecule has 0 saturated carbocycles. The molecule has 0 bridgehead atoms. The number of nitrogens with one attached hydrogen (secondary N) is 1. The molecule has 0 saturated heterocycles. The molecule has 0 unspecified atom stereocenters. The summed E-state index contributed by atoms with van der Waals surface area (Å²) < 4.78 is 33.4. The van der Waals surface area contributed by atoms with E-state index >= 15 is 0 Å². The van der Waals surface area contributed by atoms with Gasteiger partial charge in [0.1, 0.15) is 18.1 Å². The summed E-state index contributed by atoms with van der Waals surface area (Å²) >= 11 is 0. The van der Waals surface area contributed by atoms with E-state index in [0.29, 0.717) is 35.8 Å². The second-order valence-electron chi connectivity index (χ2n) is 7.47. The standard InChI is InChI=1S/C22H27N3O6S.ClH/c1-15-17-9-8-16(14-20(17)24(2)21(15)22(27)28)31-13-11-25(10-12-26)19-7-5-4-6-18(19)23-32(3,29)30;/h4-9,14,23,26H,10-13H2,1-3H3,(H,27,28);1H. The number of halogens is 1. The Morgan fingerprint density at radius 3 is 2.52 bits per heavy atom. The summed E-state index contributed by atoms with van der Waals surface area (Å²) in [5.41, 5.74) is 2.75. The van der Waals surface area contributed by atoms with Crippen molar-refractivity contribution < 1.29 is 28.2 Å². The molecule has 0 radical (unpaired) electrons. The molecule has 0 aliphatic heterocycles. The summed E-state index contributed by atoms with van der Waals surface area (Å²) in [7, 11) is -1.75. The van der Waals surface area contributed by atoms with Gasteiger partial charge in [0.15, 0.2) is 0 Å². The summed E-state index contributed by atoms with van der Waals surface area (Å²) in [6.45, 7) is 2.63. The second kappa shape index (κ2) is 10.8. The lowest BCUT2D eigenvalue weighted by molar-refractivity contribution is 0.0686. The van der Waals surface area contributed by atoms with E-state index in [-0.39, 0.29) is 31.3 Å². The van der Waals surface area contributed by atoms with Gasteiger partial charge >= 0.3 is 5.97 Å². The molecule has 1 aromatic heterocycles. The van der Waals surface area contributed by atoms with E-state index < -0.39 is 16.0 Å². The first-order chi connectivity index (χ1) is 15.1. The fourth-order valence-electron chi connectivity index (χ4n) is 3.78. The number of aromatic nitrogens is 1. The normalized spacial score (nSPS) is 11.2. The van der Waals surface area contributed by atoms with Crippen LogP contribution in [0, 0.1) is 6.92 Å². The van der Waals surface area contributed by atoms with E-state index in [4.69, 9.17) is 4.74 Å². The number of aromatic carboxylic acids is 1. The Balaban J connectivity index is 0.00000385. The number of hydrogen-bond acceptors (Lipinski definition) is 6. The lowest BCUT2D eigenvalue weighted by Crippen LogP contribution is -2.32. The molecule has 0 aliphatic rings. The van der Waals surface area contributed by atoms with Crippen LogP contribution in [0.3, 0.4) is 0 Å². The van der Waals surface area contributed by atoms with Crippen molar-refractivity contribution in [3.05, 3.63) is 53.7 Å². The summed E-state index contributed by atoms with van der Waals surface area (Å²) in [5.74, 6) is -0.397. The van der Waals surface area contributed by atoms with E-state index in [1.165, 1.54) is 0 Å². The number of benzene rings is 2. The van der Waals surface area contributed by atoms with Gasteiger partial charge in [-0.25, -0.2) is 13.2 Å². The SMILES string of the molecule is Cc1c(C(=O)O)n(C)c2cc(OCCN(CCO)c3ccccc3NS(C)(=O)=O)ccc12.Cl. The molecule has 11 heteroatoms. The van der Waals surface area contributed by atoms with Crippen molar-refractivity contribution in [3.8, 4) is 5.75 Å². The zero-order chi connectivity index (χ0) is 23.5. The number of hydrogen-bond donors (Lipinski definition) is 3. The number of carboxylic acid groups (broad SMARTS) is 1. The number of aliphatic hydroxyl groups is 1. The third-order valence-electron chi connectivity index (χ3n) is 5.17. The molecule has 9 nitrogen and oxygen atoms in total. The van der Waals surface area contributed by atoms with Crippen LogP contribution in [0.5, 0.6) is 5.75 Å². The van der Waals surface area contributed by atoms with Gasteiger partial charge in [0, 0.05) is 25.0 Å². The van der Waals surface area contributed by atoms with Crippen molar-refractivity contribution in [2.75, 3.05) is 42.2 Å². The van der Waals surface area contributed by atoms with Crippen molar-refractivity contribution in [1.82, 2.24) is 4.57 Å². The van der Waals surface area contributed by atoms with E-state index in [1.54, 1.807) is 54.9 Å². The third kappa shape index (κ3) is 6.10. The molecule has 3 rings (SSSR count). The van der Waals surface area contributed by atoms with Crippen LogP contribution >= 0.6 is 12.4 Å². The average molecular weight is 498 g/mol. The molecule has 0 atom stereocenters. The zero-order valence-corrected chi connectivity index (χ0v) is 20.2. The van der Waals surface area contributed by atoms with Gasteiger partial charge in [-0.15, -0.1) is 12.4 Å². The molecule has 0 aliphatic carbocycles. The first kappa shape index (κ1) is 26.3. The van der Waals surface area contributed by atoms with Crippen molar-refractivity contribution in [2.24, 2.45) is 7.05 Å². The van der Waals surface area contributed by atoms with Crippen molar-refractivity contribution in [3.63, 3.8) is 0 Å². The van der Waals surface area contributed by atoms with Crippen LogP contribution in [-0.2, 0) is 17.1 Å². The highest BCUT2D eigenvalue weighted by Crippen LogP contribution is 2.29. The van der Waals surface area contributed by atoms with Crippen LogP contribution in [-0.4, -0.2) is 61.7 Å². The summed E-state index contributed by atoms with van der Waals surface area (Å²) in [4.78, 5) is 13.4. The maximum Gasteiger partial charge on any atom is 0.352 e. The van der Waals surface area contributed by atoms with Crippen molar-refractivity contribution in [2.45, 2.75) is 6.92 Å². The number of nitrogens with zero attached hydrogens (tertiary/aromatic N) is 2. The molecule has 0 fully saturated rings. The van der Waals surface area contributed by atoms with Gasteiger partial charge in [-0.2, -0.15) is 0 Å². The number of anilines is 2. The number of carbonyl (C=O) groups is 1. The predicted octanol–water partition coefficient (Wildman–Crippen LogP) is 2.86. The maximum atomic E-state index is 11.7. The van der Waals surface area contributed by atoms with Gasteiger partial charge in [-0.05, 0) is 36.8 Å². The Labute approximate surface area is 199 Å². The molecule has 0 amide bonds. The first-order valence-electron chi connectivity index (χ1n) is 10.00. The van der Waals surface area contributed by atoms with E-state index in [0.717, 1.165) is 17.2 Å².